The van der Waals surface area contributed by atoms with Crippen LogP contribution in [0.25, 0.3) is 0 Å². The van der Waals surface area contributed by atoms with Crippen LogP contribution < -0.4 is 0 Å². The molecule has 6 aliphatic rings. The maximum Gasteiger partial charge on any atom is -0.0145 e. The van der Waals surface area contributed by atoms with Gasteiger partial charge >= 0.3 is 0 Å². The minimum atomic E-state index is 0.358. The number of rotatable bonds is 8. The fourth-order valence-electron chi connectivity index (χ4n) is 18.9. The Balaban J connectivity index is 1.42. The van der Waals surface area contributed by atoms with E-state index in [0.29, 0.717) is 70.4 Å². The molecule has 6 aliphatic carbocycles. The minimum Gasteiger partial charge on any atom is -0.0649 e. The molecule has 0 aliphatic heterocycles. The normalized spacial score (nSPS) is 69.6. The number of hydrogen-bond acceptors (Lipinski definition) is 0. The van der Waals surface area contributed by atoms with E-state index in [1.165, 1.54) is 12.8 Å². The predicted octanol–water partition coefficient (Wildman–Crippen LogP) is 12.8. The molecule has 6 rings (SSSR count). The van der Waals surface area contributed by atoms with E-state index in [-0.39, 0.29) is 0 Å². The van der Waals surface area contributed by atoms with Gasteiger partial charge in [-0.2, -0.15) is 0 Å². The molecule has 0 bridgehead atoms. The van der Waals surface area contributed by atoms with Crippen molar-refractivity contribution in [3.05, 3.63) is 0 Å². The van der Waals surface area contributed by atoms with Crippen LogP contribution >= 0.6 is 0 Å². The van der Waals surface area contributed by atoms with Gasteiger partial charge in [0.15, 0.2) is 0 Å². The molecule has 248 valence electrons. The summed E-state index contributed by atoms with van der Waals surface area (Å²) in [7, 11) is 0. The first kappa shape index (κ1) is 32.9. The highest BCUT2D eigenvalue weighted by Gasteiger charge is 3.03. The lowest BCUT2D eigenvalue weighted by molar-refractivity contribution is 0.0384. The van der Waals surface area contributed by atoms with Crippen molar-refractivity contribution in [2.45, 2.75) is 165 Å². The third-order valence-corrected chi connectivity index (χ3v) is 24.7. The summed E-state index contributed by atoms with van der Waals surface area (Å²) in [4.78, 5) is 0. The van der Waals surface area contributed by atoms with Gasteiger partial charge in [-0.05, 0) is 112 Å². The van der Waals surface area contributed by atoms with Gasteiger partial charge in [0.1, 0.15) is 0 Å². The lowest BCUT2D eigenvalue weighted by atomic mass is 9.60. The Morgan fingerprint density at radius 2 is 0.698 bits per heavy atom. The number of hydrogen-bond donors (Lipinski definition) is 0. The van der Waals surface area contributed by atoms with Crippen molar-refractivity contribution in [1.82, 2.24) is 0 Å². The molecule has 6 saturated carbocycles. The maximum atomic E-state index is 2.81. The van der Waals surface area contributed by atoms with E-state index in [2.05, 4.69) is 152 Å². The van der Waals surface area contributed by atoms with Crippen molar-refractivity contribution in [1.29, 1.82) is 0 Å². The van der Waals surface area contributed by atoms with Crippen LogP contribution in [-0.2, 0) is 0 Å². The highest BCUT2D eigenvalue weighted by Crippen LogP contribution is 3.07. The first-order valence-electron chi connectivity index (χ1n) is 19.0. The smallest absolute Gasteiger partial charge is 0.0145 e. The van der Waals surface area contributed by atoms with Crippen LogP contribution in [0.15, 0.2) is 0 Å². The van der Waals surface area contributed by atoms with Crippen LogP contribution in [0.1, 0.15) is 165 Å². The molecule has 0 radical (unpaired) electrons. The molecule has 6 fully saturated rings. The quantitative estimate of drug-likeness (QED) is 0.263. The summed E-state index contributed by atoms with van der Waals surface area (Å²) in [5, 5.41) is 0. The second kappa shape index (κ2) is 7.35. The van der Waals surface area contributed by atoms with Crippen molar-refractivity contribution in [3.63, 3.8) is 0 Å². The van der Waals surface area contributed by atoms with Gasteiger partial charge in [-0.1, -0.05) is 159 Å². The van der Waals surface area contributed by atoms with Crippen molar-refractivity contribution in [2.75, 3.05) is 0 Å². The average molecular weight is 593 g/mol. The van der Waals surface area contributed by atoms with Gasteiger partial charge < -0.3 is 0 Å². The molecule has 0 amide bonds. The Labute approximate surface area is 270 Å². The third-order valence-electron chi connectivity index (χ3n) is 24.7. The molecule has 0 spiro atoms. The van der Waals surface area contributed by atoms with Crippen LogP contribution in [0.4, 0.5) is 0 Å². The lowest BCUT2D eigenvalue weighted by Gasteiger charge is -2.43. The van der Waals surface area contributed by atoms with Crippen LogP contribution in [0, 0.1) is 106 Å². The van der Waals surface area contributed by atoms with Crippen LogP contribution in [0.5, 0.6) is 0 Å². The van der Waals surface area contributed by atoms with Crippen molar-refractivity contribution in [3.8, 4) is 0 Å². The van der Waals surface area contributed by atoms with E-state index in [4.69, 9.17) is 0 Å². The molecule has 43 heavy (non-hydrogen) atoms. The van der Waals surface area contributed by atoms with Crippen molar-refractivity contribution >= 4 is 0 Å². The molecule has 17 atom stereocenters. The first-order chi connectivity index (χ1) is 19.0. The van der Waals surface area contributed by atoms with Gasteiger partial charge in [0.05, 0.1) is 0 Å². The standard InChI is InChI=1S/C43H76/c1-23-31(9,10)33(13)26(4)41(33,21)43(24-2)30(8)42(43,22)40(20)29(7)39(40,19)38(18)28(6)37(38,17)36(16)27(5)35(36,15)34(14)25(3)32(34,11)12/h25-30H,23-24H2,1-22H3/t25-,26+,27-,28-,29-,30-,33-,34+,35+,36+,37+,38+,39+,40+,41?,42+,43-/m0/s1. The molecule has 0 aromatic carbocycles. The van der Waals surface area contributed by atoms with Crippen molar-refractivity contribution in [2.24, 2.45) is 106 Å². The zero-order valence-electron chi connectivity index (χ0n) is 33.4. The summed E-state index contributed by atoms with van der Waals surface area (Å²) in [6.45, 7) is 58.9. The summed E-state index contributed by atoms with van der Waals surface area (Å²) in [6, 6.07) is 0. The molecule has 0 N–H and O–H groups in total. The van der Waals surface area contributed by atoms with E-state index in [9.17, 15) is 0 Å². The van der Waals surface area contributed by atoms with Crippen LogP contribution in [0.2, 0.25) is 0 Å². The Hall–Kier alpha value is 0. The summed E-state index contributed by atoms with van der Waals surface area (Å²) in [5.41, 5.74) is 5.06. The summed E-state index contributed by atoms with van der Waals surface area (Å²) >= 11 is 0. The monoisotopic (exact) mass is 593 g/mol. The zero-order valence-corrected chi connectivity index (χ0v) is 33.4. The van der Waals surface area contributed by atoms with Crippen LogP contribution in [-0.4, -0.2) is 0 Å². The fraction of sp³-hybridized carbons (Fsp3) is 1.00. The van der Waals surface area contributed by atoms with Gasteiger partial charge in [-0.15, -0.1) is 0 Å². The molecule has 1 unspecified atom stereocenters. The summed E-state index contributed by atoms with van der Waals surface area (Å²) in [5.74, 6) is 4.66. The molecular weight excluding hydrogens is 516 g/mol. The highest BCUT2D eigenvalue weighted by molar-refractivity contribution is 5.49. The zero-order chi connectivity index (χ0) is 33.4. The van der Waals surface area contributed by atoms with E-state index in [0.717, 1.165) is 35.5 Å². The molecule has 0 aromatic rings. The molecular formula is C43H76. The molecule has 0 heterocycles. The van der Waals surface area contributed by atoms with Gasteiger partial charge in [-0.3, -0.25) is 0 Å². The minimum absolute atomic E-state index is 0.358. The van der Waals surface area contributed by atoms with Gasteiger partial charge in [-0.25, -0.2) is 0 Å². The third kappa shape index (κ3) is 2.22. The second-order valence-electron chi connectivity index (χ2n) is 21.6. The Morgan fingerprint density at radius 3 is 0.977 bits per heavy atom. The van der Waals surface area contributed by atoms with E-state index >= 15 is 0 Å². The van der Waals surface area contributed by atoms with Gasteiger partial charge in [0.25, 0.3) is 0 Å². The summed E-state index contributed by atoms with van der Waals surface area (Å²) in [6.07, 6.45) is 2.61. The van der Waals surface area contributed by atoms with E-state index in [1.807, 2.05) is 0 Å². The van der Waals surface area contributed by atoms with E-state index < -0.39 is 0 Å². The Kier molecular flexibility index (Phi) is 5.63. The van der Waals surface area contributed by atoms with Gasteiger partial charge in [0.2, 0.25) is 0 Å². The molecule has 0 saturated heterocycles. The SMILES string of the molecule is CCC(C)(C)[C@]1(C)[C@@H](C)C1(C)[C@]1(CC)[C@@H](C)[C@]1(C)[C@]1(C)[C@@H](C)[C@]1(C)[C@]1(C)[C@@H](C)[C@]1(C)[C@]1(C)[C@@H](C)[C@]1(C)[C@]1(C)[C@@H](C)C1(C)C. The highest BCUT2D eigenvalue weighted by atomic mass is 15.1. The molecule has 0 aromatic heterocycles. The Morgan fingerprint density at radius 1 is 0.395 bits per heavy atom. The van der Waals surface area contributed by atoms with Crippen molar-refractivity contribution < 1.29 is 0 Å². The molecule has 0 heteroatoms. The first-order valence-corrected chi connectivity index (χ1v) is 19.0. The van der Waals surface area contributed by atoms with Crippen LogP contribution in [0.3, 0.4) is 0 Å². The molecule has 0 nitrogen and oxygen atoms in total. The van der Waals surface area contributed by atoms with E-state index in [1.54, 1.807) is 0 Å². The lowest BCUT2D eigenvalue weighted by Crippen LogP contribution is -2.38. The Bertz CT molecular complexity index is 1290. The van der Waals surface area contributed by atoms with Gasteiger partial charge in [0, 0.05) is 0 Å². The maximum absolute atomic E-state index is 2.81. The predicted molar refractivity (Wildman–Crippen MR) is 187 cm³/mol. The fourth-order valence-corrected chi connectivity index (χ4v) is 18.9. The summed E-state index contributed by atoms with van der Waals surface area (Å²) < 4.78 is 0. The largest absolute Gasteiger partial charge is 0.0649 e. The second-order valence-corrected chi connectivity index (χ2v) is 21.6. The average Bonchev–Trinajstić information content (AvgIpc) is 3.94. The topological polar surface area (TPSA) is 0 Å².